The van der Waals surface area contributed by atoms with Crippen LogP contribution in [0.1, 0.15) is 21.5 Å². The molecule has 1 aromatic heterocycles. The van der Waals surface area contributed by atoms with Crippen LogP contribution >= 0.6 is 11.6 Å². The normalized spacial score (nSPS) is 10.3. The Hall–Kier alpha value is -2.07. The lowest BCUT2D eigenvalue weighted by molar-refractivity contribution is 0.102. The van der Waals surface area contributed by atoms with Gasteiger partial charge >= 0.3 is 0 Å². The Morgan fingerprint density at radius 2 is 2.05 bits per heavy atom. The molecule has 0 saturated heterocycles. The van der Waals surface area contributed by atoms with Gasteiger partial charge in [-0.1, -0.05) is 11.6 Å². The number of nitrogens with two attached hydrogens (primary N) is 1. The lowest BCUT2D eigenvalue weighted by Crippen LogP contribution is -2.14. The van der Waals surface area contributed by atoms with Crippen LogP contribution in [0.3, 0.4) is 0 Å². The van der Waals surface area contributed by atoms with Crippen molar-refractivity contribution in [2.75, 3.05) is 11.1 Å². The molecule has 0 aliphatic carbocycles. The van der Waals surface area contributed by atoms with Gasteiger partial charge in [0.15, 0.2) is 5.15 Å². The van der Waals surface area contributed by atoms with Crippen molar-refractivity contribution in [3.63, 3.8) is 0 Å². The maximum Gasteiger partial charge on any atom is 0.256 e. The van der Waals surface area contributed by atoms with E-state index in [2.05, 4.69) is 10.3 Å². The molecule has 1 aromatic carbocycles. The summed E-state index contributed by atoms with van der Waals surface area (Å²) in [6.07, 6.45) is 1.65. The quantitative estimate of drug-likeness (QED) is 0.653. The third-order valence-corrected chi connectivity index (χ3v) is 3.02. The fourth-order valence-corrected chi connectivity index (χ4v) is 1.92. The predicted octanol–water partition coefficient (Wildman–Crippen LogP) is 3.19. The Kier molecular flexibility index (Phi) is 3.71. The summed E-state index contributed by atoms with van der Waals surface area (Å²) in [5.41, 5.74) is 9.09. The van der Waals surface area contributed by atoms with Crippen LogP contribution in [0.15, 0.2) is 30.5 Å². The zero-order valence-corrected chi connectivity index (χ0v) is 11.5. The fraction of sp³-hybridized carbons (Fsp3) is 0.143. The smallest absolute Gasteiger partial charge is 0.256 e. The molecule has 2 aromatic rings. The first-order valence-corrected chi connectivity index (χ1v) is 6.15. The zero-order valence-electron chi connectivity index (χ0n) is 10.7. The summed E-state index contributed by atoms with van der Waals surface area (Å²) in [7, 11) is 0. The first kappa shape index (κ1) is 13.4. The molecule has 3 N–H and O–H groups in total. The number of anilines is 2. The molecule has 0 aliphatic rings. The number of nitrogens with zero attached hydrogens (tertiary/aromatic N) is 1. The van der Waals surface area contributed by atoms with Crippen LogP contribution in [0, 0.1) is 13.8 Å². The van der Waals surface area contributed by atoms with E-state index in [-0.39, 0.29) is 11.1 Å². The number of nitrogen functional groups attached to an aromatic ring is 1. The fourth-order valence-electron chi connectivity index (χ4n) is 1.77. The highest BCUT2D eigenvalue weighted by atomic mass is 35.5. The first-order chi connectivity index (χ1) is 8.97. The number of amides is 1. The van der Waals surface area contributed by atoms with Crippen LogP contribution in [0.5, 0.6) is 0 Å². The van der Waals surface area contributed by atoms with Gasteiger partial charge in [0.25, 0.3) is 5.91 Å². The summed E-state index contributed by atoms with van der Waals surface area (Å²) < 4.78 is 0. The van der Waals surface area contributed by atoms with Crippen molar-refractivity contribution in [2.24, 2.45) is 0 Å². The Morgan fingerprint density at radius 1 is 1.32 bits per heavy atom. The van der Waals surface area contributed by atoms with Crippen molar-refractivity contribution in [1.82, 2.24) is 4.98 Å². The molecule has 4 nitrogen and oxygen atoms in total. The van der Waals surface area contributed by atoms with Crippen molar-refractivity contribution in [2.45, 2.75) is 13.8 Å². The molecule has 0 bridgehead atoms. The molecule has 1 heterocycles. The highest BCUT2D eigenvalue weighted by Gasteiger charge is 2.11. The maximum atomic E-state index is 12.2. The number of rotatable bonds is 2. The van der Waals surface area contributed by atoms with Crippen LogP contribution < -0.4 is 11.1 Å². The number of nitrogens with one attached hydrogen (secondary N) is 1. The molecule has 0 unspecified atom stereocenters. The maximum absolute atomic E-state index is 12.2. The second-order valence-corrected chi connectivity index (χ2v) is 4.74. The average Bonchev–Trinajstić information content (AvgIpc) is 2.33. The molecule has 5 heteroatoms. The number of benzene rings is 1. The van der Waals surface area contributed by atoms with Crippen LogP contribution in [-0.2, 0) is 0 Å². The Morgan fingerprint density at radius 3 is 2.74 bits per heavy atom. The molecule has 0 spiro atoms. The lowest BCUT2D eigenvalue weighted by atomic mass is 10.1. The van der Waals surface area contributed by atoms with E-state index >= 15 is 0 Å². The van der Waals surface area contributed by atoms with Crippen LogP contribution in [0.2, 0.25) is 5.15 Å². The lowest BCUT2D eigenvalue weighted by Gasteiger charge is -2.09. The summed E-state index contributed by atoms with van der Waals surface area (Å²) >= 11 is 5.95. The molecule has 98 valence electrons. The van der Waals surface area contributed by atoms with E-state index in [0.29, 0.717) is 16.9 Å². The summed E-state index contributed by atoms with van der Waals surface area (Å²) in [5.74, 6) is -0.230. The van der Waals surface area contributed by atoms with E-state index in [1.54, 1.807) is 30.5 Å². The molecule has 19 heavy (non-hydrogen) atoms. The third-order valence-electron chi connectivity index (χ3n) is 2.72. The topological polar surface area (TPSA) is 68.0 Å². The number of hydrogen-bond acceptors (Lipinski definition) is 3. The van der Waals surface area contributed by atoms with E-state index in [0.717, 1.165) is 11.1 Å². The van der Waals surface area contributed by atoms with Crippen LogP contribution in [0.4, 0.5) is 11.4 Å². The molecule has 0 atom stereocenters. The minimum absolute atomic E-state index is 0.230. The van der Waals surface area contributed by atoms with Gasteiger partial charge < -0.3 is 11.1 Å². The summed E-state index contributed by atoms with van der Waals surface area (Å²) in [6.45, 7) is 3.72. The molecule has 0 aliphatic heterocycles. The number of aromatic nitrogens is 1. The van der Waals surface area contributed by atoms with Gasteiger partial charge in [-0.25, -0.2) is 4.98 Å². The van der Waals surface area contributed by atoms with Gasteiger partial charge in [-0.05, 0) is 49.2 Å². The number of hydrogen-bond donors (Lipinski definition) is 2. The Balaban J connectivity index is 2.28. The number of carbonyl (C=O) groups is 1. The second-order valence-electron chi connectivity index (χ2n) is 4.38. The van der Waals surface area contributed by atoms with Gasteiger partial charge in [0.2, 0.25) is 0 Å². The molecule has 0 radical (unpaired) electrons. The Bertz CT molecular complexity index is 641. The molecule has 2 rings (SSSR count). The van der Waals surface area contributed by atoms with Gasteiger partial charge in [0.05, 0.1) is 5.69 Å². The van der Waals surface area contributed by atoms with Gasteiger partial charge in [-0.3, -0.25) is 4.79 Å². The van der Waals surface area contributed by atoms with Crippen molar-refractivity contribution < 1.29 is 4.79 Å². The molecule has 1 amide bonds. The number of pyridine rings is 1. The minimum atomic E-state index is -0.230. The van der Waals surface area contributed by atoms with Gasteiger partial charge in [0.1, 0.15) is 0 Å². The monoisotopic (exact) mass is 275 g/mol. The largest absolute Gasteiger partial charge is 0.399 e. The average molecular weight is 276 g/mol. The highest BCUT2D eigenvalue weighted by Crippen LogP contribution is 2.21. The van der Waals surface area contributed by atoms with Crippen molar-refractivity contribution in [3.8, 4) is 0 Å². The SMILES string of the molecule is Cc1cnc(Cl)c(NC(=O)c2ccc(N)cc2C)c1. The zero-order chi connectivity index (χ0) is 14.0. The summed E-state index contributed by atoms with van der Waals surface area (Å²) in [6, 6.07) is 6.92. The van der Waals surface area contributed by atoms with Gasteiger partial charge in [-0.2, -0.15) is 0 Å². The second kappa shape index (κ2) is 5.28. The summed E-state index contributed by atoms with van der Waals surface area (Å²) in [4.78, 5) is 16.2. The van der Waals surface area contributed by atoms with Crippen molar-refractivity contribution in [1.29, 1.82) is 0 Å². The predicted molar refractivity (Wildman–Crippen MR) is 77.5 cm³/mol. The van der Waals surface area contributed by atoms with Gasteiger partial charge in [-0.15, -0.1) is 0 Å². The summed E-state index contributed by atoms with van der Waals surface area (Å²) in [5, 5.41) is 3.02. The minimum Gasteiger partial charge on any atom is -0.399 e. The Labute approximate surface area is 116 Å². The van der Waals surface area contributed by atoms with Crippen molar-refractivity contribution in [3.05, 3.63) is 52.3 Å². The highest BCUT2D eigenvalue weighted by molar-refractivity contribution is 6.32. The van der Waals surface area contributed by atoms with E-state index in [1.807, 2.05) is 13.8 Å². The van der Waals surface area contributed by atoms with Crippen LogP contribution in [-0.4, -0.2) is 10.9 Å². The van der Waals surface area contributed by atoms with Crippen LogP contribution in [0.25, 0.3) is 0 Å². The van der Waals surface area contributed by atoms with Gasteiger partial charge in [0, 0.05) is 17.4 Å². The first-order valence-electron chi connectivity index (χ1n) is 5.77. The third kappa shape index (κ3) is 3.03. The molecule has 0 saturated carbocycles. The van der Waals surface area contributed by atoms with Crippen molar-refractivity contribution >= 4 is 28.9 Å². The number of carbonyl (C=O) groups excluding carboxylic acids is 1. The van der Waals surface area contributed by atoms with E-state index in [1.165, 1.54) is 0 Å². The van der Waals surface area contributed by atoms with E-state index < -0.39 is 0 Å². The molecule has 0 fully saturated rings. The number of halogens is 1. The standard InChI is InChI=1S/C14H14ClN3O/c1-8-5-12(13(15)17-7-8)18-14(19)11-4-3-10(16)6-9(11)2/h3-7H,16H2,1-2H3,(H,18,19). The molecular weight excluding hydrogens is 262 g/mol. The van der Waals surface area contributed by atoms with E-state index in [4.69, 9.17) is 17.3 Å². The molecular formula is C14H14ClN3O. The number of aryl methyl sites for hydroxylation is 2. The van der Waals surface area contributed by atoms with E-state index in [9.17, 15) is 4.79 Å².